The van der Waals surface area contributed by atoms with Crippen LogP contribution in [0.1, 0.15) is 64.4 Å². The number of esters is 1. The number of aryl methyl sites for hydroxylation is 1. The van der Waals surface area contributed by atoms with Crippen LogP contribution in [0.5, 0.6) is 0 Å². The largest absolute Gasteiger partial charge is 0.462 e. The average Bonchev–Trinajstić information content (AvgIpc) is 3.10. The maximum absolute atomic E-state index is 13.1. The van der Waals surface area contributed by atoms with Gasteiger partial charge in [-0.05, 0) is 49.3 Å². The number of alkyl halides is 3. The fourth-order valence-corrected chi connectivity index (χ4v) is 5.07. The zero-order valence-electron chi connectivity index (χ0n) is 20.2. The molecule has 36 heavy (non-hydrogen) atoms. The van der Waals surface area contributed by atoms with E-state index in [1.54, 1.807) is 0 Å². The zero-order chi connectivity index (χ0) is 26.1. The molecule has 0 aliphatic carbocycles. The number of benzene rings is 1. The lowest BCUT2D eigenvalue weighted by Gasteiger charge is -2.36. The summed E-state index contributed by atoms with van der Waals surface area (Å²) in [7, 11) is 0. The maximum atomic E-state index is 13.1. The second-order valence-electron chi connectivity index (χ2n) is 9.67. The Labute approximate surface area is 212 Å². The van der Waals surface area contributed by atoms with Gasteiger partial charge in [-0.25, -0.2) is 4.79 Å². The van der Waals surface area contributed by atoms with Crippen LogP contribution in [0, 0.1) is 11.3 Å². The van der Waals surface area contributed by atoms with Crippen LogP contribution in [0.4, 0.5) is 13.2 Å². The third-order valence-corrected chi connectivity index (χ3v) is 7.23. The van der Waals surface area contributed by atoms with Gasteiger partial charge in [0.05, 0.1) is 39.7 Å². The number of rotatable bonds is 6. The molecule has 0 unspecified atom stereocenters. The van der Waals surface area contributed by atoms with Crippen LogP contribution < -0.4 is 5.32 Å². The first-order chi connectivity index (χ1) is 17.0. The van der Waals surface area contributed by atoms with E-state index < -0.39 is 22.7 Å². The maximum Gasteiger partial charge on any atom is 0.417 e. The molecule has 1 aromatic carbocycles. The Morgan fingerprint density at radius 3 is 2.72 bits per heavy atom. The van der Waals surface area contributed by atoms with E-state index in [2.05, 4.69) is 5.32 Å². The first-order valence-electron chi connectivity index (χ1n) is 12.0. The number of carbonyl (C=O) groups excluding carboxylic acids is 2. The quantitative estimate of drug-likeness (QED) is 0.551. The molecule has 1 aromatic heterocycles. The number of halogens is 4. The summed E-state index contributed by atoms with van der Waals surface area (Å²) in [5, 5.41) is 7.29. The number of aromatic nitrogens is 2. The molecule has 1 amide bonds. The highest BCUT2D eigenvalue weighted by molar-refractivity contribution is 6.31. The first-order valence-corrected chi connectivity index (χ1v) is 12.4. The summed E-state index contributed by atoms with van der Waals surface area (Å²) in [5.41, 5.74) is 0.802. The van der Waals surface area contributed by atoms with Crippen molar-refractivity contribution in [2.45, 2.75) is 52.3 Å². The standard InChI is InChI=1S/C25H29ClF3N3O4/c1-3-19-21-20(11-24(14-30-22(21)33)6-8-35-9-7-24)32(31-19)12-15(2)13-36-23(34)16-4-5-18(26)17(10-16)25(27,28)29/h4-5,10,15H,3,6-9,11-14H2,1-2H3,(H,30,33)/t15-/m1/s1. The van der Waals surface area contributed by atoms with E-state index in [4.69, 9.17) is 26.2 Å². The first kappa shape index (κ1) is 26.5. The predicted molar refractivity (Wildman–Crippen MR) is 126 cm³/mol. The summed E-state index contributed by atoms with van der Waals surface area (Å²) in [4.78, 5) is 25.4. The second kappa shape index (κ2) is 10.4. The lowest BCUT2D eigenvalue weighted by atomic mass is 9.76. The number of carbonyl (C=O) groups is 2. The van der Waals surface area contributed by atoms with Crippen molar-refractivity contribution in [1.82, 2.24) is 15.1 Å². The normalized spacial score (nSPS) is 18.3. The van der Waals surface area contributed by atoms with Gasteiger partial charge in [0.15, 0.2) is 0 Å². The number of nitrogens with zero attached hydrogens (tertiary/aromatic N) is 2. The molecule has 11 heteroatoms. The molecule has 2 aliphatic heterocycles. The van der Waals surface area contributed by atoms with Crippen molar-refractivity contribution in [2.24, 2.45) is 11.3 Å². The molecule has 0 bridgehead atoms. The summed E-state index contributed by atoms with van der Waals surface area (Å²) < 4.78 is 52.1. The van der Waals surface area contributed by atoms with Gasteiger partial charge in [-0.15, -0.1) is 0 Å². The molecule has 1 N–H and O–H groups in total. The number of ether oxygens (including phenoxy) is 2. The van der Waals surface area contributed by atoms with Crippen LogP contribution in [-0.4, -0.2) is 48.0 Å². The smallest absolute Gasteiger partial charge is 0.417 e. The molecule has 196 valence electrons. The summed E-state index contributed by atoms with van der Waals surface area (Å²) in [6.45, 7) is 6.05. The van der Waals surface area contributed by atoms with Crippen molar-refractivity contribution >= 4 is 23.5 Å². The zero-order valence-corrected chi connectivity index (χ0v) is 21.0. The van der Waals surface area contributed by atoms with Gasteiger partial charge in [0, 0.05) is 32.2 Å². The van der Waals surface area contributed by atoms with E-state index in [9.17, 15) is 22.8 Å². The van der Waals surface area contributed by atoms with Crippen molar-refractivity contribution in [2.75, 3.05) is 26.4 Å². The molecule has 2 aromatic rings. The molecule has 3 heterocycles. The monoisotopic (exact) mass is 527 g/mol. The Balaban J connectivity index is 1.48. The fraction of sp³-hybridized carbons (Fsp3) is 0.560. The van der Waals surface area contributed by atoms with E-state index in [1.165, 1.54) is 6.07 Å². The van der Waals surface area contributed by atoms with Crippen molar-refractivity contribution in [3.8, 4) is 0 Å². The number of hydrogen-bond donors (Lipinski definition) is 1. The lowest BCUT2D eigenvalue weighted by Crippen LogP contribution is -2.41. The van der Waals surface area contributed by atoms with E-state index in [1.807, 2.05) is 18.5 Å². The van der Waals surface area contributed by atoms with Crippen molar-refractivity contribution in [1.29, 1.82) is 0 Å². The SMILES string of the molecule is CCc1nn(C[C@@H](C)COC(=O)c2ccc(Cl)c(C(F)(F)F)c2)c2c1C(=O)NCC1(CCOCC1)C2. The number of fused-ring (bicyclic) bond motifs is 1. The number of hydrogen-bond acceptors (Lipinski definition) is 5. The molecule has 4 rings (SSSR count). The molecule has 0 saturated carbocycles. The summed E-state index contributed by atoms with van der Waals surface area (Å²) in [6, 6.07) is 2.94. The lowest BCUT2D eigenvalue weighted by molar-refractivity contribution is -0.137. The van der Waals surface area contributed by atoms with Gasteiger partial charge in [0.25, 0.3) is 5.91 Å². The van der Waals surface area contributed by atoms with E-state index in [0.29, 0.717) is 50.8 Å². The molecular weight excluding hydrogens is 499 g/mol. The Kier molecular flexibility index (Phi) is 7.66. The van der Waals surface area contributed by atoms with Crippen LogP contribution >= 0.6 is 11.6 Å². The fourth-order valence-electron chi connectivity index (χ4n) is 4.84. The molecular formula is C25H29ClF3N3O4. The van der Waals surface area contributed by atoms with Crippen LogP contribution in [-0.2, 0) is 35.0 Å². The van der Waals surface area contributed by atoms with Crippen molar-refractivity contribution < 1.29 is 32.2 Å². The van der Waals surface area contributed by atoms with Gasteiger partial charge >= 0.3 is 12.1 Å². The van der Waals surface area contributed by atoms with E-state index in [0.717, 1.165) is 30.3 Å². The van der Waals surface area contributed by atoms with Gasteiger partial charge in [0.1, 0.15) is 0 Å². The second-order valence-corrected chi connectivity index (χ2v) is 10.1. The summed E-state index contributed by atoms with van der Waals surface area (Å²) in [5.74, 6) is -1.19. The van der Waals surface area contributed by atoms with Gasteiger partial charge in [-0.2, -0.15) is 18.3 Å². The Morgan fingerprint density at radius 2 is 2.06 bits per heavy atom. The van der Waals surface area contributed by atoms with Gasteiger partial charge < -0.3 is 14.8 Å². The minimum absolute atomic E-state index is 0.0237. The molecule has 1 fully saturated rings. The average molecular weight is 528 g/mol. The molecule has 1 atom stereocenters. The predicted octanol–water partition coefficient (Wildman–Crippen LogP) is 4.69. The molecule has 7 nitrogen and oxygen atoms in total. The highest BCUT2D eigenvalue weighted by Crippen LogP contribution is 2.38. The Hall–Kier alpha value is -2.59. The molecule has 1 spiro atoms. The third kappa shape index (κ3) is 5.54. The molecule has 1 saturated heterocycles. The highest BCUT2D eigenvalue weighted by atomic mass is 35.5. The minimum Gasteiger partial charge on any atom is -0.462 e. The summed E-state index contributed by atoms with van der Waals surface area (Å²) >= 11 is 5.63. The van der Waals surface area contributed by atoms with E-state index in [-0.39, 0.29) is 29.4 Å². The van der Waals surface area contributed by atoms with Crippen molar-refractivity contribution in [3.63, 3.8) is 0 Å². The van der Waals surface area contributed by atoms with Gasteiger partial charge in [0.2, 0.25) is 0 Å². The van der Waals surface area contributed by atoms with Crippen LogP contribution in [0.25, 0.3) is 0 Å². The van der Waals surface area contributed by atoms with E-state index >= 15 is 0 Å². The number of nitrogens with one attached hydrogen (secondary N) is 1. The number of amides is 1. The van der Waals surface area contributed by atoms with Gasteiger partial charge in [-0.1, -0.05) is 25.4 Å². The molecule has 0 radical (unpaired) electrons. The Bertz CT molecular complexity index is 1140. The Morgan fingerprint density at radius 1 is 1.33 bits per heavy atom. The van der Waals surface area contributed by atoms with Gasteiger partial charge in [-0.3, -0.25) is 9.48 Å². The third-order valence-electron chi connectivity index (χ3n) is 6.90. The van der Waals surface area contributed by atoms with Crippen LogP contribution in [0.2, 0.25) is 5.02 Å². The van der Waals surface area contributed by atoms with Crippen molar-refractivity contribution in [3.05, 3.63) is 51.3 Å². The van der Waals surface area contributed by atoms with Crippen LogP contribution in [0.3, 0.4) is 0 Å². The topological polar surface area (TPSA) is 82.5 Å². The summed E-state index contributed by atoms with van der Waals surface area (Å²) in [6.07, 6.45) is -1.71. The highest BCUT2D eigenvalue weighted by Gasteiger charge is 2.40. The van der Waals surface area contributed by atoms with Crippen LogP contribution in [0.15, 0.2) is 18.2 Å². The molecule has 2 aliphatic rings. The minimum atomic E-state index is -4.68.